The van der Waals surface area contributed by atoms with E-state index in [9.17, 15) is 4.79 Å². The first-order valence-corrected chi connectivity index (χ1v) is 9.29. The number of nitrogens with zero attached hydrogens (tertiary/aromatic N) is 2. The van der Waals surface area contributed by atoms with Gasteiger partial charge in [-0.15, -0.1) is 16.9 Å². The Hall–Kier alpha value is -2.80. The number of nitrogens with one attached hydrogen (secondary N) is 1. The summed E-state index contributed by atoms with van der Waals surface area (Å²) in [5, 5.41) is 10.5. The van der Waals surface area contributed by atoms with Gasteiger partial charge in [0.15, 0.2) is 0 Å². The quantitative estimate of drug-likeness (QED) is 0.618. The molecule has 1 amide bonds. The number of aromatic nitrogens is 2. The molecule has 6 nitrogen and oxygen atoms in total. The van der Waals surface area contributed by atoms with Crippen molar-refractivity contribution in [1.82, 2.24) is 10.2 Å². The first-order valence-electron chi connectivity index (χ1n) is 8.30. The fourth-order valence-electron chi connectivity index (χ4n) is 2.29. The van der Waals surface area contributed by atoms with Crippen LogP contribution >= 0.6 is 11.8 Å². The molecular weight excluding hydrogens is 350 g/mol. The van der Waals surface area contributed by atoms with Gasteiger partial charge in [0.25, 0.3) is 5.91 Å². The van der Waals surface area contributed by atoms with Crippen LogP contribution in [0.25, 0.3) is 11.5 Å². The largest absolute Gasteiger partial charge is 0.494 e. The van der Waals surface area contributed by atoms with Crippen LogP contribution in [0.2, 0.25) is 0 Å². The van der Waals surface area contributed by atoms with E-state index in [-0.39, 0.29) is 11.9 Å². The van der Waals surface area contributed by atoms with E-state index in [0.29, 0.717) is 18.1 Å². The van der Waals surface area contributed by atoms with Crippen molar-refractivity contribution in [1.29, 1.82) is 0 Å². The van der Waals surface area contributed by atoms with Gasteiger partial charge in [-0.05, 0) is 61.2 Å². The standard InChI is InChI=1S/C19H19N3O3S/c1-3-24-15-9-5-14(6-10-15)18-21-22-19(25-18)20-17(23)13-7-11-16(12-8-13)26-4-2/h5-12H,3-4H2,1-2H3,(H,20,22,23). The van der Waals surface area contributed by atoms with Crippen molar-refractivity contribution in [3.63, 3.8) is 0 Å². The van der Waals surface area contributed by atoms with Crippen molar-refractivity contribution in [3.8, 4) is 17.2 Å². The summed E-state index contributed by atoms with van der Waals surface area (Å²) >= 11 is 1.72. The van der Waals surface area contributed by atoms with E-state index in [0.717, 1.165) is 22.0 Å². The minimum Gasteiger partial charge on any atom is -0.494 e. The van der Waals surface area contributed by atoms with Crippen LogP contribution < -0.4 is 10.1 Å². The van der Waals surface area contributed by atoms with Gasteiger partial charge in [-0.3, -0.25) is 10.1 Å². The van der Waals surface area contributed by atoms with Crippen molar-refractivity contribution in [2.24, 2.45) is 0 Å². The molecule has 0 unspecified atom stereocenters. The maximum atomic E-state index is 12.3. The van der Waals surface area contributed by atoms with E-state index >= 15 is 0 Å². The third kappa shape index (κ3) is 4.43. The molecule has 2 aromatic carbocycles. The van der Waals surface area contributed by atoms with Gasteiger partial charge >= 0.3 is 6.01 Å². The van der Waals surface area contributed by atoms with E-state index < -0.39 is 0 Å². The Kier molecular flexibility index (Phi) is 5.91. The summed E-state index contributed by atoms with van der Waals surface area (Å²) < 4.78 is 10.9. The van der Waals surface area contributed by atoms with Crippen LogP contribution in [0.3, 0.4) is 0 Å². The number of carbonyl (C=O) groups is 1. The van der Waals surface area contributed by atoms with Crippen molar-refractivity contribution in [2.75, 3.05) is 17.7 Å². The maximum Gasteiger partial charge on any atom is 0.322 e. The molecule has 0 radical (unpaired) electrons. The molecule has 0 fully saturated rings. The number of amides is 1. The van der Waals surface area contributed by atoms with Gasteiger partial charge in [0, 0.05) is 16.0 Å². The fourth-order valence-corrected chi connectivity index (χ4v) is 2.95. The molecular formula is C19H19N3O3S. The summed E-state index contributed by atoms with van der Waals surface area (Å²) in [6.07, 6.45) is 0. The molecule has 1 N–H and O–H groups in total. The topological polar surface area (TPSA) is 77.3 Å². The normalized spacial score (nSPS) is 10.5. The minimum absolute atomic E-state index is 0.0610. The Morgan fingerprint density at radius 1 is 1.08 bits per heavy atom. The second-order valence-corrected chi connectivity index (χ2v) is 6.62. The number of thioether (sulfide) groups is 1. The molecule has 3 rings (SSSR count). The molecule has 3 aromatic rings. The fraction of sp³-hybridized carbons (Fsp3) is 0.211. The summed E-state index contributed by atoms with van der Waals surface area (Å²) in [6.45, 7) is 4.62. The van der Waals surface area contributed by atoms with Crippen LogP contribution in [0.5, 0.6) is 5.75 Å². The van der Waals surface area contributed by atoms with Crippen LogP contribution in [0.15, 0.2) is 57.8 Å². The molecule has 1 aromatic heterocycles. The number of benzene rings is 2. The molecule has 0 saturated carbocycles. The summed E-state index contributed by atoms with van der Waals surface area (Å²) in [7, 11) is 0. The SMILES string of the molecule is CCOc1ccc(-c2nnc(NC(=O)c3ccc(SCC)cc3)o2)cc1. The molecule has 1 heterocycles. The molecule has 0 bridgehead atoms. The highest BCUT2D eigenvalue weighted by Gasteiger charge is 2.13. The van der Waals surface area contributed by atoms with E-state index in [4.69, 9.17) is 9.15 Å². The highest BCUT2D eigenvalue weighted by atomic mass is 32.2. The molecule has 26 heavy (non-hydrogen) atoms. The lowest BCUT2D eigenvalue weighted by atomic mass is 10.2. The van der Waals surface area contributed by atoms with Crippen LogP contribution in [0, 0.1) is 0 Å². The third-order valence-corrected chi connectivity index (χ3v) is 4.38. The smallest absolute Gasteiger partial charge is 0.322 e. The van der Waals surface area contributed by atoms with Gasteiger partial charge in [-0.1, -0.05) is 12.0 Å². The van der Waals surface area contributed by atoms with Gasteiger partial charge < -0.3 is 9.15 Å². The van der Waals surface area contributed by atoms with Gasteiger partial charge in [0.05, 0.1) is 6.61 Å². The van der Waals surface area contributed by atoms with E-state index in [2.05, 4.69) is 22.4 Å². The number of carbonyl (C=O) groups excluding carboxylic acids is 1. The zero-order valence-corrected chi connectivity index (χ0v) is 15.4. The first-order chi connectivity index (χ1) is 12.7. The van der Waals surface area contributed by atoms with Crippen LogP contribution in [-0.2, 0) is 0 Å². The van der Waals surface area contributed by atoms with Gasteiger partial charge in [0.1, 0.15) is 5.75 Å². The second-order valence-electron chi connectivity index (χ2n) is 5.28. The van der Waals surface area contributed by atoms with E-state index in [1.807, 2.05) is 43.3 Å². The van der Waals surface area contributed by atoms with E-state index in [1.165, 1.54) is 0 Å². The lowest BCUT2D eigenvalue weighted by Crippen LogP contribution is -2.11. The zero-order valence-electron chi connectivity index (χ0n) is 14.6. The average Bonchev–Trinajstić information content (AvgIpc) is 3.12. The molecule has 0 aliphatic heterocycles. The highest BCUT2D eigenvalue weighted by molar-refractivity contribution is 7.99. The lowest BCUT2D eigenvalue weighted by Gasteiger charge is -2.03. The molecule has 0 spiro atoms. The number of rotatable bonds is 7. The summed E-state index contributed by atoms with van der Waals surface area (Å²) in [5.74, 6) is 1.80. The third-order valence-electron chi connectivity index (χ3n) is 3.49. The Bertz CT molecular complexity index is 860. The number of anilines is 1. The molecule has 0 aliphatic rings. The van der Waals surface area contributed by atoms with Crippen molar-refractivity contribution in [3.05, 3.63) is 54.1 Å². The lowest BCUT2D eigenvalue weighted by molar-refractivity contribution is 0.102. The summed E-state index contributed by atoms with van der Waals surface area (Å²) in [4.78, 5) is 13.4. The molecule has 0 aliphatic carbocycles. The van der Waals surface area contributed by atoms with Gasteiger partial charge in [-0.2, -0.15) is 0 Å². The summed E-state index contributed by atoms with van der Waals surface area (Å²) in [6, 6.07) is 14.8. The average molecular weight is 369 g/mol. The Morgan fingerprint density at radius 3 is 2.46 bits per heavy atom. The number of hydrogen-bond acceptors (Lipinski definition) is 6. The Labute approximate surface area is 156 Å². The van der Waals surface area contributed by atoms with Crippen LogP contribution in [0.4, 0.5) is 6.01 Å². The molecule has 0 saturated heterocycles. The highest BCUT2D eigenvalue weighted by Crippen LogP contribution is 2.23. The minimum atomic E-state index is -0.292. The molecule has 0 atom stereocenters. The predicted octanol–water partition coefficient (Wildman–Crippen LogP) is 4.50. The van der Waals surface area contributed by atoms with E-state index in [1.54, 1.807) is 23.9 Å². The Morgan fingerprint density at radius 2 is 1.81 bits per heavy atom. The number of ether oxygens (including phenoxy) is 1. The predicted molar refractivity (Wildman–Crippen MR) is 102 cm³/mol. The Balaban J connectivity index is 1.66. The summed E-state index contributed by atoms with van der Waals surface area (Å²) in [5.41, 5.74) is 1.29. The van der Waals surface area contributed by atoms with Gasteiger partial charge in [-0.25, -0.2) is 0 Å². The molecule has 7 heteroatoms. The van der Waals surface area contributed by atoms with Crippen LogP contribution in [-0.4, -0.2) is 28.5 Å². The first kappa shape index (κ1) is 18.0. The van der Waals surface area contributed by atoms with Crippen molar-refractivity contribution in [2.45, 2.75) is 18.7 Å². The second kappa shape index (κ2) is 8.53. The zero-order chi connectivity index (χ0) is 18.4. The monoisotopic (exact) mass is 369 g/mol. The van der Waals surface area contributed by atoms with Crippen molar-refractivity contribution < 1.29 is 13.9 Å². The van der Waals surface area contributed by atoms with Crippen LogP contribution in [0.1, 0.15) is 24.2 Å². The number of hydrogen-bond donors (Lipinski definition) is 1. The van der Waals surface area contributed by atoms with Gasteiger partial charge in [0.2, 0.25) is 5.89 Å². The maximum absolute atomic E-state index is 12.3. The van der Waals surface area contributed by atoms with Crippen molar-refractivity contribution >= 4 is 23.7 Å². The molecule has 134 valence electrons.